The largest absolute Gasteiger partial charge is 0.371 e. The van der Waals surface area contributed by atoms with E-state index in [-0.39, 0.29) is 12.2 Å². The quantitative estimate of drug-likeness (QED) is 0.685. The standard InChI is InChI=1S/C12H17O/c1-4-10(2)13-11(3)12-8-6-5-7-9-12/h5-11H,3-4H2,1-2H3. The lowest BCUT2D eigenvalue weighted by Gasteiger charge is -2.17. The van der Waals surface area contributed by atoms with Gasteiger partial charge in [0.1, 0.15) is 0 Å². The van der Waals surface area contributed by atoms with Gasteiger partial charge in [0.2, 0.25) is 0 Å². The van der Waals surface area contributed by atoms with Crippen LogP contribution in [0.4, 0.5) is 0 Å². The van der Waals surface area contributed by atoms with E-state index in [1.54, 1.807) is 0 Å². The van der Waals surface area contributed by atoms with Gasteiger partial charge in [-0.25, -0.2) is 0 Å². The van der Waals surface area contributed by atoms with Crippen molar-refractivity contribution in [2.75, 3.05) is 0 Å². The van der Waals surface area contributed by atoms with E-state index in [0.29, 0.717) is 0 Å². The van der Waals surface area contributed by atoms with Crippen molar-refractivity contribution < 1.29 is 4.74 Å². The molecule has 2 atom stereocenters. The average Bonchev–Trinajstić information content (AvgIpc) is 2.19. The molecular weight excluding hydrogens is 160 g/mol. The molecular formula is C12H17O. The van der Waals surface area contributed by atoms with Crippen LogP contribution in [0, 0.1) is 6.92 Å². The van der Waals surface area contributed by atoms with Crippen molar-refractivity contribution in [3.8, 4) is 0 Å². The van der Waals surface area contributed by atoms with Crippen molar-refractivity contribution in [2.24, 2.45) is 0 Å². The smallest absolute Gasteiger partial charge is 0.0829 e. The monoisotopic (exact) mass is 177 g/mol. The van der Waals surface area contributed by atoms with Gasteiger partial charge in [-0.2, -0.15) is 0 Å². The predicted molar refractivity (Wildman–Crippen MR) is 55.4 cm³/mol. The van der Waals surface area contributed by atoms with Crippen LogP contribution in [0.25, 0.3) is 0 Å². The summed E-state index contributed by atoms with van der Waals surface area (Å²) in [6, 6.07) is 10.1. The minimum Gasteiger partial charge on any atom is -0.371 e. The summed E-state index contributed by atoms with van der Waals surface area (Å²) in [5.41, 5.74) is 1.14. The van der Waals surface area contributed by atoms with Gasteiger partial charge in [-0.15, -0.1) is 0 Å². The molecule has 0 N–H and O–H groups in total. The van der Waals surface area contributed by atoms with E-state index in [4.69, 9.17) is 4.74 Å². The summed E-state index contributed by atoms with van der Waals surface area (Å²) in [6.45, 7) is 8.16. The molecule has 0 aliphatic carbocycles. The fourth-order valence-electron chi connectivity index (χ4n) is 1.12. The van der Waals surface area contributed by atoms with Crippen LogP contribution in [0.5, 0.6) is 0 Å². The first kappa shape index (κ1) is 10.3. The Bertz CT molecular complexity index is 230. The molecule has 0 heterocycles. The molecule has 0 spiro atoms. The van der Waals surface area contributed by atoms with Gasteiger partial charge in [0.25, 0.3) is 0 Å². The molecule has 0 saturated carbocycles. The molecule has 1 rings (SSSR count). The van der Waals surface area contributed by atoms with E-state index in [9.17, 15) is 0 Å². The summed E-state index contributed by atoms with van der Waals surface area (Å²) in [5.74, 6) is 0. The van der Waals surface area contributed by atoms with E-state index in [1.165, 1.54) is 0 Å². The predicted octanol–water partition coefficient (Wildman–Crippen LogP) is 3.38. The molecule has 71 valence electrons. The molecule has 1 aromatic rings. The summed E-state index contributed by atoms with van der Waals surface area (Å²) in [7, 11) is 0. The van der Waals surface area contributed by atoms with Gasteiger partial charge in [0.05, 0.1) is 12.2 Å². The number of benzene rings is 1. The lowest BCUT2D eigenvalue weighted by molar-refractivity contribution is 0.0200. The van der Waals surface area contributed by atoms with Gasteiger partial charge in [0, 0.05) is 0 Å². The Balaban J connectivity index is 2.53. The lowest BCUT2D eigenvalue weighted by atomic mass is 10.1. The van der Waals surface area contributed by atoms with E-state index >= 15 is 0 Å². The van der Waals surface area contributed by atoms with Crippen molar-refractivity contribution >= 4 is 0 Å². The van der Waals surface area contributed by atoms with Gasteiger partial charge >= 0.3 is 0 Å². The van der Waals surface area contributed by atoms with Crippen LogP contribution >= 0.6 is 0 Å². The fraction of sp³-hybridized carbons (Fsp3) is 0.417. The van der Waals surface area contributed by atoms with Gasteiger partial charge in [-0.05, 0) is 25.8 Å². The second-order valence-electron chi connectivity index (χ2n) is 3.25. The lowest BCUT2D eigenvalue weighted by Crippen LogP contribution is -2.10. The van der Waals surface area contributed by atoms with Crippen LogP contribution in [0.15, 0.2) is 30.3 Å². The van der Waals surface area contributed by atoms with E-state index in [2.05, 4.69) is 20.8 Å². The number of ether oxygens (including phenoxy) is 1. The van der Waals surface area contributed by atoms with Crippen LogP contribution in [0.3, 0.4) is 0 Å². The Morgan fingerprint density at radius 1 is 1.31 bits per heavy atom. The van der Waals surface area contributed by atoms with Crippen LogP contribution in [0.2, 0.25) is 0 Å². The van der Waals surface area contributed by atoms with E-state index < -0.39 is 0 Å². The minimum atomic E-state index is -0.0452. The summed E-state index contributed by atoms with van der Waals surface area (Å²) in [5, 5.41) is 0. The second kappa shape index (κ2) is 5.03. The highest BCUT2D eigenvalue weighted by molar-refractivity contribution is 5.18. The minimum absolute atomic E-state index is 0.0452. The maximum atomic E-state index is 5.67. The molecule has 0 aliphatic rings. The molecule has 1 heteroatoms. The maximum Gasteiger partial charge on any atom is 0.0829 e. The molecule has 1 radical (unpaired) electrons. The van der Waals surface area contributed by atoms with Crippen molar-refractivity contribution in [1.29, 1.82) is 0 Å². The molecule has 0 bridgehead atoms. The summed E-state index contributed by atoms with van der Waals surface area (Å²) in [4.78, 5) is 0. The molecule has 0 aromatic heterocycles. The van der Waals surface area contributed by atoms with E-state index in [0.717, 1.165) is 12.0 Å². The van der Waals surface area contributed by atoms with Gasteiger partial charge < -0.3 is 4.74 Å². The molecule has 13 heavy (non-hydrogen) atoms. The van der Waals surface area contributed by atoms with Gasteiger partial charge in [0.15, 0.2) is 0 Å². The first-order valence-electron chi connectivity index (χ1n) is 4.77. The maximum absolute atomic E-state index is 5.67. The van der Waals surface area contributed by atoms with Crippen molar-refractivity contribution in [2.45, 2.75) is 32.5 Å². The highest BCUT2D eigenvalue weighted by atomic mass is 16.5. The van der Waals surface area contributed by atoms with Crippen LogP contribution in [-0.4, -0.2) is 6.10 Å². The van der Waals surface area contributed by atoms with Crippen LogP contribution in [0.1, 0.15) is 31.9 Å². The molecule has 1 nitrogen and oxygen atoms in total. The SMILES string of the molecule is [CH2]C(OC(C)CC)c1ccccc1. The molecule has 2 unspecified atom stereocenters. The molecule has 0 saturated heterocycles. The van der Waals surface area contributed by atoms with Crippen molar-refractivity contribution in [3.05, 3.63) is 42.8 Å². The number of hydrogen-bond donors (Lipinski definition) is 0. The molecule has 0 amide bonds. The van der Waals surface area contributed by atoms with Crippen LogP contribution in [-0.2, 0) is 4.74 Å². The molecule has 0 aliphatic heterocycles. The first-order valence-corrected chi connectivity index (χ1v) is 4.77. The highest BCUT2D eigenvalue weighted by Crippen LogP contribution is 2.18. The van der Waals surface area contributed by atoms with Gasteiger partial charge in [-0.3, -0.25) is 0 Å². The second-order valence-corrected chi connectivity index (χ2v) is 3.25. The Morgan fingerprint density at radius 2 is 1.92 bits per heavy atom. The summed E-state index contributed by atoms with van der Waals surface area (Å²) >= 11 is 0. The van der Waals surface area contributed by atoms with Crippen molar-refractivity contribution in [1.82, 2.24) is 0 Å². The Kier molecular flexibility index (Phi) is 3.97. The molecule has 0 fully saturated rings. The zero-order valence-electron chi connectivity index (χ0n) is 8.36. The average molecular weight is 177 g/mol. The van der Waals surface area contributed by atoms with Crippen LogP contribution < -0.4 is 0 Å². The van der Waals surface area contributed by atoms with E-state index in [1.807, 2.05) is 30.3 Å². The summed E-state index contributed by atoms with van der Waals surface area (Å²) in [6.07, 6.45) is 1.26. The van der Waals surface area contributed by atoms with Crippen molar-refractivity contribution in [3.63, 3.8) is 0 Å². The van der Waals surface area contributed by atoms with Gasteiger partial charge in [-0.1, -0.05) is 37.3 Å². The highest BCUT2D eigenvalue weighted by Gasteiger charge is 2.08. The third kappa shape index (κ3) is 3.19. The molecule has 1 aromatic carbocycles. The number of rotatable bonds is 4. The Hall–Kier alpha value is -0.820. The third-order valence-corrected chi connectivity index (χ3v) is 2.14. The first-order chi connectivity index (χ1) is 6.24. The topological polar surface area (TPSA) is 9.23 Å². The number of hydrogen-bond acceptors (Lipinski definition) is 1. The Morgan fingerprint density at radius 3 is 2.46 bits per heavy atom. The third-order valence-electron chi connectivity index (χ3n) is 2.14. The summed E-state index contributed by atoms with van der Waals surface area (Å²) < 4.78 is 5.67. The fourth-order valence-corrected chi connectivity index (χ4v) is 1.12. The zero-order valence-corrected chi connectivity index (χ0v) is 8.36. The Labute approximate surface area is 80.7 Å². The normalized spacial score (nSPS) is 15.3. The zero-order chi connectivity index (χ0) is 9.68.